The van der Waals surface area contributed by atoms with Gasteiger partial charge in [-0.1, -0.05) is 96.3 Å². The molecular formula is C36H70ClKO6. The number of hydrogen-bond donors (Lipinski definition) is 0. The van der Waals surface area contributed by atoms with Crippen molar-refractivity contribution in [1.82, 2.24) is 0 Å². The van der Waals surface area contributed by atoms with Crippen molar-refractivity contribution < 1.29 is 80.2 Å². The van der Waals surface area contributed by atoms with E-state index in [4.69, 9.17) is 35.3 Å². The van der Waals surface area contributed by atoms with Crippen molar-refractivity contribution >= 4 is 11.6 Å². The van der Waals surface area contributed by atoms with Crippen LogP contribution >= 0.6 is 11.6 Å². The van der Waals surface area contributed by atoms with E-state index in [9.17, 15) is 5.11 Å². The standard InChI is InChI=1S/C14H27ClO2.C14H26O2.C4H8O.C4H9O.K/c1-16-14(17-2)12-10-8-6-4-3-5-7-9-11-13-15;1-4-5-6-7-8-9-10-11-12-13-14(15-2)16-3;1-2-4-5-3-1;1-4(2,3)5;/h7,9,14H,3-6,8,10-13H2,1-2H3;4-6,14H,1,7-13H2,2-3H3;1-4H2;1-3H3;/q;;;-1;+1/b9-7+;6-5+;;;. The van der Waals surface area contributed by atoms with Crippen LogP contribution in [0.15, 0.2) is 37.0 Å². The van der Waals surface area contributed by atoms with Crippen molar-refractivity contribution in [2.24, 2.45) is 0 Å². The predicted octanol–water partition coefficient (Wildman–Crippen LogP) is 6.55. The summed E-state index contributed by atoms with van der Waals surface area (Å²) in [5.41, 5.74) is -0.750. The minimum Gasteiger partial charge on any atom is -0.850 e. The Labute approximate surface area is 321 Å². The van der Waals surface area contributed by atoms with E-state index in [1.54, 1.807) is 49.2 Å². The maximum atomic E-state index is 10.1. The summed E-state index contributed by atoms with van der Waals surface area (Å²) in [5.74, 6) is 0.733. The summed E-state index contributed by atoms with van der Waals surface area (Å²) < 4.78 is 25.5. The van der Waals surface area contributed by atoms with Crippen molar-refractivity contribution in [3.8, 4) is 0 Å². The molecule has 0 bridgehead atoms. The van der Waals surface area contributed by atoms with E-state index in [2.05, 4.69) is 24.8 Å². The topological polar surface area (TPSA) is 69.2 Å². The molecule has 0 radical (unpaired) electrons. The van der Waals surface area contributed by atoms with Crippen LogP contribution in [0.3, 0.4) is 0 Å². The Balaban J connectivity index is -0.000000272. The summed E-state index contributed by atoms with van der Waals surface area (Å²) in [5, 5.41) is 10.1. The van der Waals surface area contributed by atoms with E-state index >= 15 is 0 Å². The number of unbranched alkanes of at least 4 members (excludes halogenated alkanes) is 10. The molecule has 0 N–H and O–H groups in total. The Morgan fingerprint density at radius 1 is 0.682 bits per heavy atom. The molecule has 1 heterocycles. The fourth-order valence-corrected chi connectivity index (χ4v) is 4.00. The Hall–Kier alpha value is 0.906. The largest absolute Gasteiger partial charge is 1.00 e. The molecule has 1 fully saturated rings. The maximum absolute atomic E-state index is 10.1. The molecule has 0 aromatic rings. The van der Waals surface area contributed by atoms with Gasteiger partial charge in [-0.05, 0) is 70.6 Å². The third kappa shape index (κ3) is 55.3. The molecule has 258 valence electrons. The molecule has 44 heavy (non-hydrogen) atoms. The SMILES string of the molecule is C1CCOC1.C=C/C=C/CCCCCCCC(OC)OC.CC(C)(C)[O-].COC(CCCCCCC/C=C/CCCl)OC.[K+]. The van der Waals surface area contributed by atoms with Crippen LogP contribution in [0.4, 0.5) is 0 Å². The fraction of sp³-hybridized carbons (Fsp3) is 0.833. The van der Waals surface area contributed by atoms with Gasteiger partial charge in [-0.2, -0.15) is 0 Å². The molecule has 1 rings (SSSR count). The maximum Gasteiger partial charge on any atom is 1.00 e. The number of alkyl halides is 1. The molecule has 1 aliphatic rings. The number of ether oxygens (including phenoxy) is 5. The summed E-state index contributed by atoms with van der Waals surface area (Å²) in [6, 6.07) is 0. The molecule has 0 spiro atoms. The van der Waals surface area contributed by atoms with Gasteiger partial charge in [0.05, 0.1) is 0 Å². The van der Waals surface area contributed by atoms with Gasteiger partial charge in [0.2, 0.25) is 0 Å². The van der Waals surface area contributed by atoms with E-state index in [0.29, 0.717) is 0 Å². The van der Waals surface area contributed by atoms with Crippen molar-refractivity contribution in [3.63, 3.8) is 0 Å². The molecule has 0 atom stereocenters. The zero-order valence-corrected chi connectivity index (χ0v) is 34.1. The summed E-state index contributed by atoms with van der Waals surface area (Å²) in [7, 11) is 6.78. The third-order valence-corrected chi connectivity index (χ3v) is 6.43. The Morgan fingerprint density at radius 2 is 1.05 bits per heavy atom. The summed E-state index contributed by atoms with van der Waals surface area (Å²) in [6.45, 7) is 10.5. The van der Waals surface area contributed by atoms with E-state index in [-0.39, 0.29) is 64.0 Å². The number of methoxy groups -OCH3 is 4. The third-order valence-electron chi connectivity index (χ3n) is 6.21. The first-order valence-corrected chi connectivity index (χ1v) is 17.1. The van der Waals surface area contributed by atoms with Gasteiger partial charge in [0, 0.05) is 47.5 Å². The van der Waals surface area contributed by atoms with Crippen LogP contribution in [-0.4, -0.2) is 65.7 Å². The Morgan fingerprint density at radius 3 is 1.39 bits per heavy atom. The van der Waals surface area contributed by atoms with Crippen LogP contribution in [0.5, 0.6) is 0 Å². The summed E-state index contributed by atoms with van der Waals surface area (Å²) >= 11 is 5.58. The van der Waals surface area contributed by atoms with Gasteiger partial charge in [0.1, 0.15) is 0 Å². The molecule has 8 heteroatoms. The van der Waals surface area contributed by atoms with Gasteiger partial charge >= 0.3 is 51.4 Å². The predicted molar refractivity (Wildman–Crippen MR) is 184 cm³/mol. The van der Waals surface area contributed by atoms with Crippen molar-refractivity contribution in [1.29, 1.82) is 0 Å². The molecule has 0 aliphatic carbocycles. The Kier molecular flexibility index (Phi) is 51.6. The molecule has 1 aliphatic heterocycles. The minimum absolute atomic E-state index is 0. The van der Waals surface area contributed by atoms with Crippen LogP contribution in [0.1, 0.15) is 130 Å². The van der Waals surface area contributed by atoms with Crippen LogP contribution in [-0.2, 0) is 23.7 Å². The van der Waals surface area contributed by atoms with Crippen molar-refractivity contribution in [3.05, 3.63) is 37.0 Å². The molecule has 0 unspecified atom stereocenters. The Bertz CT molecular complexity index is 558. The normalized spacial score (nSPS) is 12.8. The number of halogens is 1. The number of rotatable bonds is 23. The minimum atomic E-state index is -0.750. The zero-order valence-electron chi connectivity index (χ0n) is 30.2. The van der Waals surface area contributed by atoms with Gasteiger partial charge in [0.25, 0.3) is 0 Å². The molecule has 0 aromatic heterocycles. The molecular weight excluding hydrogens is 603 g/mol. The van der Waals surface area contributed by atoms with Gasteiger partial charge < -0.3 is 28.8 Å². The smallest absolute Gasteiger partial charge is 0.850 e. The first-order valence-electron chi connectivity index (χ1n) is 16.6. The van der Waals surface area contributed by atoms with Crippen molar-refractivity contribution in [2.45, 2.75) is 148 Å². The summed E-state index contributed by atoms with van der Waals surface area (Å²) in [6.07, 6.45) is 31.1. The van der Waals surface area contributed by atoms with E-state index < -0.39 is 5.60 Å². The van der Waals surface area contributed by atoms with Crippen LogP contribution in [0, 0.1) is 0 Å². The average molecular weight is 674 g/mol. The van der Waals surface area contributed by atoms with Gasteiger partial charge in [-0.3, -0.25) is 0 Å². The van der Waals surface area contributed by atoms with Crippen LogP contribution in [0.25, 0.3) is 0 Å². The summed E-state index contributed by atoms with van der Waals surface area (Å²) in [4.78, 5) is 0. The van der Waals surface area contributed by atoms with Gasteiger partial charge in [0.15, 0.2) is 12.6 Å². The number of allylic oxidation sites excluding steroid dienone is 5. The van der Waals surface area contributed by atoms with E-state index in [1.807, 2.05) is 12.2 Å². The van der Waals surface area contributed by atoms with Gasteiger partial charge in [-0.15, -0.1) is 17.2 Å². The number of hydrogen-bond acceptors (Lipinski definition) is 6. The molecule has 6 nitrogen and oxygen atoms in total. The zero-order chi connectivity index (χ0) is 32.9. The first-order chi connectivity index (χ1) is 20.7. The quantitative estimate of drug-likeness (QED) is 0.0307. The fourth-order valence-electron chi connectivity index (χ4n) is 3.87. The molecule has 1 saturated heterocycles. The molecule has 0 saturated carbocycles. The second-order valence-electron chi connectivity index (χ2n) is 11.5. The second-order valence-corrected chi connectivity index (χ2v) is 11.9. The monoisotopic (exact) mass is 672 g/mol. The average Bonchev–Trinajstić information content (AvgIpc) is 3.57. The van der Waals surface area contributed by atoms with E-state index in [1.165, 1.54) is 89.9 Å². The second kappa shape index (κ2) is 43.9. The van der Waals surface area contributed by atoms with Crippen molar-refractivity contribution in [2.75, 3.05) is 47.5 Å². The molecule has 0 amide bonds. The van der Waals surface area contributed by atoms with Crippen LogP contribution in [0.2, 0.25) is 0 Å². The molecule has 0 aromatic carbocycles. The van der Waals surface area contributed by atoms with E-state index in [0.717, 1.165) is 38.4 Å². The van der Waals surface area contributed by atoms with Gasteiger partial charge in [-0.25, -0.2) is 0 Å². The van der Waals surface area contributed by atoms with Crippen LogP contribution < -0.4 is 56.5 Å². The first kappa shape index (κ1) is 51.7.